The van der Waals surface area contributed by atoms with Crippen LogP contribution in [0.1, 0.15) is 24.7 Å². The van der Waals surface area contributed by atoms with Crippen LogP contribution in [0.3, 0.4) is 0 Å². The standard InChI is InChI=1S/C10H15N3/c1-4-5-8(2)11-6-10-9(3)12-7-13-10/h1,7-8,11H,5-6H2,2-3H3,(H,12,13). The van der Waals surface area contributed by atoms with Crippen LogP contribution in [0.25, 0.3) is 0 Å². The first-order valence-electron chi connectivity index (χ1n) is 4.39. The Hall–Kier alpha value is -1.27. The maximum Gasteiger partial charge on any atom is 0.0925 e. The Bertz CT molecular complexity index is 295. The molecular formula is C10H15N3. The van der Waals surface area contributed by atoms with Crippen LogP contribution in [0.4, 0.5) is 0 Å². The number of H-pyrrole nitrogens is 1. The van der Waals surface area contributed by atoms with Crippen LogP contribution in [-0.2, 0) is 6.54 Å². The van der Waals surface area contributed by atoms with Gasteiger partial charge in [0.25, 0.3) is 0 Å². The van der Waals surface area contributed by atoms with Gasteiger partial charge in [0.1, 0.15) is 0 Å². The van der Waals surface area contributed by atoms with Crippen LogP contribution in [-0.4, -0.2) is 16.0 Å². The molecule has 3 heteroatoms. The van der Waals surface area contributed by atoms with Crippen LogP contribution in [0.5, 0.6) is 0 Å². The number of imidazole rings is 1. The van der Waals surface area contributed by atoms with E-state index in [1.807, 2.05) is 6.92 Å². The van der Waals surface area contributed by atoms with E-state index in [1.165, 1.54) is 0 Å². The Morgan fingerprint density at radius 2 is 2.54 bits per heavy atom. The monoisotopic (exact) mass is 177 g/mol. The number of nitrogens with zero attached hydrogens (tertiary/aromatic N) is 1. The smallest absolute Gasteiger partial charge is 0.0925 e. The normalized spacial score (nSPS) is 12.4. The number of rotatable bonds is 4. The number of hydrogen-bond acceptors (Lipinski definition) is 2. The molecule has 13 heavy (non-hydrogen) atoms. The Labute approximate surface area is 79.0 Å². The summed E-state index contributed by atoms with van der Waals surface area (Å²) in [5, 5.41) is 3.30. The van der Waals surface area contributed by atoms with Gasteiger partial charge in [-0.05, 0) is 13.8 Å². The summed E-state index contributed by atoms with van der Waals surface area (Å²) in [6.45, 7) is 4.86. The summed E-state index contributed by atoms with van der Waals surface area (Å²) in [6.07, 6.45) is 7.66. The molecule has 0 bridgehead atoms. The quantitative estimate of drug-likeness (QED) is 0.679. The largest absolute Gasteiger partial charge is 0.348 e. The predicted molar refractivity (Wildman–Crippen MR) is 53.1 cm³/mol. The molecule has 1 aromatic heterocycles. The first-order valence-corrected chi connectivity index (χ1v) is 4.39. The molecule has 0 aromatic carbocycles. The fraction of sp³-hybridized carbons (Fsp3) is 0.500. The molecule has 1 atom stereocenters. The number of aromatic amines is 1. The average molecular weight is 177 g/mol. The van der Waals surface area contributed by atoms with Gasteiger partial charge in [0, 0.05) is 24.7 Å². The van der Waals surface area contributed by atoms with E-state index in [-0.39, 0.29) is 0 Å². The zero-order valence-electron chi connectivity index (χ0n) is 8.09. The molecule has 1 rings (SSSR count). The van der Waals surface area contributed by atoms with E-state index in [9.17, 15) is 0 Å². The van der Waals surface area contributed by atoms with Crippen LogP contribution in [0, 0.1) is 19.3 Å². The molecule has 0 aliphatic heterocycles. The lowest BCUT2D eigenvalue weighted by Crippen LogP contribution is -2.25. The Balaban J connectivity index is 2.36. The van der Waals surface area contributed by atoms with Gasteiger partial charge in [-0.1, -0.05) is 0 Å². The zero-order chi connectivity index (χ0) is 9.68. The molecule has 0 fully saturated rings. The highest BCUT2D eigenvalue weighted by atomic mass is 15.0. The second kappa shape index (κ2) is 4.68. The Morgan fingerprint density at radius 1 is 1.77 bits per heavy atom. The summed E-state index contributed by atoms with van der Waals surface area (Å²) in [7, 11) is 0. The molecule has 0 saturated heterocycles. The van der Waals surface area contributed by atoms with Gasteiger partial charge in [-0.25, -0.2) is 4.98 Å². The van der Waals surface area contributed by atoms with Crippen molar-refractivity contribution in [3.8, 4) is 12.3 Å². The highest BCUT2D eigenvalue weighted by Gasteiger charge is 2.02. The van der Waals surface area contributed by atoms with Gasteiger partial charge in [-0.2, -0.15) is 0 Å². The van der Waals surface area contributed by atoms with Gasteiger partial charge in [-0.3, -0.25) is 0 Å². The number of hydrogen-bond donors (Lipinski definition) is 2. The third kappa shape index (κ3) is 2.92. The minimum atomic E-state index is 0.348. The molecule has 3 nitrogen and oxygen atoms in total. The van der Waals surface area contributed by atoms with Crippen LogP contribution in [0.15, 0.2) is 6.33 Å². The van der Waals surface area contributed by atoms with Crippen molar-refractivity contribution in [2.45, 2.75) is 32.9 Å². The van der Waals surface area contributed by atoms with Crippen molar-refractivity contribution in [3.05, 3.63) is 17.7 Å². The molecule has 0 radical (unpaired) electrons. The third-order valence-corrected chi connectivity index (χ3v) is 1.98. The summed E-state index contributed by atoms with van der Waals surface area (Å²) in [5.41, 5.74) is 2.17. The summed E-state index contributed by atoms with van der Waals surface area (Å²) >= 11 is 0. The van der Waals surface area contributed by atoms with Gasteiger partial charge < -0.3 is 10.3 Å². The number of aromatic nitrogens is 2. The molecule has 2 N–H and O–H groups in total. The molecule has 0 aliphatic carbocycles. The average Bonchev–Trinajstić information content (AvgIpc) is 2.48. The van der Waals surface area contributed by atoms with E-state index in [0.717, 1.165) is 24.4 Å². The van der Waals surface area contributed by atoms with Crippen molar-refractivity contribution >= 4 is 0 Å². The topological polar surface area (TPSA) is 40.7 Å². The van der Waals surface area contributed by atoms with Gasteiger partial charge in [-0.15, -0.1) is 12.3 Å². The minimum absolute atomic E-state index is 0.348. The number of nitrogens with one attached hydrogen (secondary N) is 2. The van der Waals surface area contributed by atoms with E-state index in [0.29, 0.717) is 6.04 Å². The van der Waals surface area contributed by atoms with Gasteiger partial charge >= 0.3 is 0 Å². The maximum atomic E-state index is 5.20. The molecule has 0 spiro atoms. The van der Waals surface area contributed by atoms with Gasteiger partial charge in [0.2, 0.25) is 0 Å². The van der Waals surface area contributed by atoms with Crippen LogP contribution >= 0.6 is 0 Å². The number of terminal acetylenes is 1. The summed E-state index contributed by atoms with van der Waals surface area (Å²) < 4.78 is 0. The fourth-order valence-corrected chi connectivity index (χ4v) is 1.09. The van der Waals surface area contributed by atoms with E-state index in [4.69, 9.17) is 6.42 Å². The molecule has 1 heterocycles. The first kappa shape index (κ1) is 9.82. The second-order valence-corrected chi connectivity index (χ2v) is 3.16. The number of aryl methyl sites for hydroxylation is 1. The molecular weight excluding hydrogens is 162 g/mol. The molecule has 1 unspecified atom stereocenters. The SMILES string of the molecule is C#CCC(C)NCc1nc[nH]c1C. The lowest BCUT2D eigenvalue weighted by molar-refractivity contribution is 0.553. The van der Waals surface area contributed by atoms with Crippen molar-refractivity contribution in [2.75, 3.05) is 0 Å². The minimum Gasteiger partial charge on any atom is -0.348 e. The van der Waals surface area contributed by atoms with Crippen molar-refractivity contribution in [1.82, 2.24) is 15.3 Å². The lowest BCUT2D eigenvalue weighted by Gasteiger charge is -2.09. The lowest BCUT2D eigenvalue weighted by atomic mass is 10.2. The second-order valence-electron chi connectivity index (χ2n) is 3.16. The maximum absolute atomic E-state index is 5.20. The first-order chi connectivity index (χ1) is 6.24. The van der Waals surface area contributed by atoms with Gasteiger partial charge in [0.05, 0.1) is 12.0 Å². The molecule has 0 amide bonds. The molecule has 0 aliphatic rings. The van der Waals surface area contributed by atoms with Crippen LogP contribution in [0.2, 0.25) is 0 Å². The van der Waals surface area contributed by atoms with E-state index in [2.05, 4.69) is 28.1 Å². The summed E-state index contributed by atoms with van der Waals surface area (Å²) in [5.74, 6) is 2.62. The Morgan fingerprint density at radius 3 is 3.08 bits per heavy atom. The van der Waals surface area contributed by atoms with Crippen molar-refractivity contribution in [3.63, 3.8) is 0 Å². The van der Waals surface area contributed by atoms with E-state index in [1.54, 1.807) is 6.33 Å². The van der Waals surface area contributed by atoms with Crippen molar-refractivity contribution in [1.29, 1.82) is 0 Å². The van der Waals surface area contributed by atoms with E-state index < -0.39 is 0 Å². The van der Waals surface area contributed by atoms with Gasteiger partial charge in [0.15, 0.2) is 0 Å². The van der Waals surface area contributed by atoms with E-state index >= 15 is 0 Å². The molecule has 0 saturated carbocycles. The molecule has 1 aromatic rings. The summed E-state index contributed by atoms with van der Waals surface area (Å²) in [4.78, 5) is 7.21. The Kier molecular flexibility index (Phi) is 3.53. The highest BCUT2D eigenvalue weighted by molar-refractivity contribution is 5.08. The highest BCUT2D eigenvalue weighted by Crippen LogP contribution is 2.00. The predicted octanol–water partition coefficient (Wildman–Crippen LogP) is 1.22. The summed E-state index contributed by atoms with van der Waals surface area (Å²) in [6, 6.07) is 0.348. The third-order valence-electron chi connectivity index (χ3n) is 1.98. The zero-order valence-corrected chi connectivity index (χ0v) is 8.09. The van der Waals surface area contributed by atoms with Crippen molar-refractivity contribution in [2.24, 2.45) is 0 Å². The molecule has 70 valence electrons. The van der Waals surface area contributed by atoms with Crippen molar-refractivity contribution < 1.29 is 0 Å². The fourth-order valence-electron chi connectivity index (χ4n) is 1.09. The van der Waals surface area contributed by atoms with Crippen LogP contribution < -0.4 is 5.32 Å².